The third-order valence-corrected chi connectivity index (χ3v) is 3.49. The van der Waals surface area contributed by atoms with E-state index >= 15 is 0 Å². The summed E-state index contributed by atoms with van der Waals surface area (Å²) < 4.78 is 15.0. The number of halogens is 1. The van der Waals surface area contributed by atoms with E-state index in [1.54, 1.807) is 11.6 Å². The second kappa shape index (κ2) is 7.04. The normalized spacial score (nSPS) is 12.0. The lowest BCUT2D eigenvalue weighted by atomic mass is 10.1. The Kier molecular flexibility index (Phi) is 5.10. The van der Waals surface area contributed by atoms with Crippen molar-refractivity contribution < 1.29 is 19.1 Å². The van der Waals surface area contributed by atoms with Gasteiger partial charge in [0.1, 0.15) is 5.82 Å². The third kappa shape index (κ3) is 3.74. The molecule has 1 heterocycles. The quantitative estimate of drug-likeness (QED) is 0.855. The van der Waals surface area contributed by atoms with Crippen LogP contribution in [0.4, 0.5) is 4.39 Å². The molecule has 1 aromatic heterocycles. The van der Waals surface area contributed by atoms with E-state index in [1.807, 2.05) is 6.92 Å². The zero-order valence-corrected chi connectivity index (χ0v) is 12.9. The molecule has 0 saturated heterocycles. The fraction of sp³-hybridized carbons (Fsp3) is 0.312. The van der Waals surface area contributed by atoms with E-state index in [1.165, 1.54) is 24.4 Å². The predicted molar refractivity (Wildman–Crippen MR) is 81.5 cm³/mol. The molecule has 0 aliphatic heterocycles. The Balaban J connectivity index is 2.24. The number of rotatable bonds is 6. The number of carbonyl (C=O) groups excluding carboxylic acids is 1. The van der Waals surface area contributed by atoms with Crippen molar-refractivity contribution in [2.75, 3.05) is 0 Å². The van der Waals surface area contributed by atoms with Crippen LogP contribution in [0.2, 0.25) is 0 Å². The van der Waals surface area contributed by atoms with Crippen molar-refractivity contribution in [1.82, 2.24) is 15.1 Å². The molecule has 2 N–H and O–H groups in total. The minimum absolute atomic E-state index is 0.171. The second-order valence-corrected chi connectivity index (χ2v) is 5.17. The van der Waals surface area contributed by atoms with Crippen molar-refractivity contribution in [2.45, 2.75) is 32.9 Å². The summed E-state index contributed by atoms with van der Waals surface area (Å²) >= 11 is 0. The Labute approximate surface area is 132 Å². The van der Waals surface area contributed by atoms with E-state index in [0.717, 1.165) is 12.5 Å². The molecule has 0 fully saturated rings. The summed E-state index contributed by atoms with van der Waals surface area (Å²) in [5.74, 6) is -2.38. The van der Waals surface area contributed by atoms with E-state index in [2.05, 4.69) is 10.4 Å². The van der Waals surface area contributed by atoms with E-state index in [9.17, 15) is 19.1 Å². The molecular weight excluding hydrogens is 301 g/mol. The van der Waals surface area contributed by atoms with Gasteiger partial charge in [-0.25, -0.2) is 9.18 Å². The summed E-state index contributed by atoms with van der Waals surface area (Å²) in [6.45, 7) is 4.41. The fourth-order valence-corrected chi connectivity index (χ4v) is 2.29. The van der Waals surface area contributed by atoms with E-state index in [0.29, 0.717) is 17.8 Å². The standard InChI is InChI=1S/C16H18FN3O3/c1-3-7-20-10(2)13(9-18-20)15(21)19-14(16(22)23)11-5-4-6-12(17)8-11/h4-6,8-9,14H,3,7H2,1-2H3,(H,19,21)(H,22,23)/t14-/m0/s1. The predicted octanol–water partition coefficient (Wildman–Crippen LogP) is 2.30. The third-order valence-electron chi connectivity index (χ3n) is 3.49. The van der Waals surface area contributed by atoms with Gasteiger partial charge >= 0.3 is 5.97 Å². The first-order chi connectivity index (χ1) is 10.9. The molecule has 0 saturated carbocycles. The molecule has 0 radical (unpaired) electrons. The van der Waals surface area contributed by atoms with Crippen LogP contribution < -0.4 is 5.32 Å². The second-order valence-electron chi connectivity index (χ2n) is 5.17. The summed E-state index contributed by atoms with van der Waals surface area (Å²) in [6.07, 6.45) is 2.27. The zero-order chi connectivity index (χ0) is 17.0. The van der Waals surface area contributed by atoms with E-state index in [-0.39, 0.29) is 5.56 Å². The molecule has 6 nitrogen and oxygen atoms in total. The maximum atomic E-state index is 13.3. The lowest BCUT2D eigenvalue weighted by Crippen LogP contribution is -2.34. The van der Waals surface area contributed by atoms with Gasteiger partial charge in [-0.2, -0.15) is 5.10 Å². The minimum atomic E-state index is -1.33. The van der Waals surface area contributed by atoms with Gasteiger partial charge < -0.3 is 10.4 Å². The summed E-state index contributed by atoms with van der Waals surface area (Å²) in [4.78, 5) is 23.7. The number of carboxylic acid groups (broad SMARTS) is 1. The molecular formula is C16H18FN3O3. The molecule has 23 heavy (non-hydrogen) atoms. The zero-order valence-electron chi connectivity index (χ0n) is 12.9. The number of nitrogens with one attached hydrogen (secondary N) is 1. The van der Waals surface area contributed by atoms with Gasteiger partial charge in [0.25, 0.3) is 5.91 Å². The van der Waals surface area contributed by atoms with Crippen LogP contribution in [0.5, 0.6) is 0 Å². The van der Waals surface area contributed by atoms with Crippen molar-refractivity contribution in [3.05, 3.63) is 53.1 Å². The van der Waals surface area contributed by atoms with Gasteiger partial charge in [0.05, 0.1) is 11.8 Å². The van der Waals surface area contributed by atoms with Crippen LogP contribution in [-0.2, 0) is 11.3 Å². The van der Waals surface area contributed by atoms with Crippen LogP contribution in [0.25, 0.3) is 0 Å². The minimum Gasteiger partial charge on any atom is -0.479 e. The highest BCUT2D eigenvalue weighted by Gasteiger charge is 2.24. The molecule has 2 rings (SSSR count). The van der Waals surface area contributed by atoms with Crippen molar-refractivity contribution in [3.63, 3.8) is 0 Å². The largest absolute Gasteiger partial charge is 0.479 e. The van der Waals surface area contributed by atoms with E-state index < -0.39 is 23.7 Å². The van der Waals surface area contributed by atoms with Crippen LogP contribution in [0.1, 0.15) is 41.0 Å². The molecule has 0 unspecified atom stereocenters. The topological polar surface area (TPSA) is 84.2 Å². The number of benzene rings is 1. The smallest absolute Gasteiger partial charge is 0.330 e. The number of hydrogen-bond donors (Lipinski definition) is 2. The maximum absolute atomic E-state index is 13.3. The number of carbonyl (C=O) groups is 2. The Bertz CT molecular complexity index is 727. The molecule has 0 aliphatic rings. The first kappa shape index (κ1) is 16.7. The van der Waals surface area contributed by atoms with Gasteiger partial charge in [-0.15, -0.1) is 0 Å². The fourth-order valence-electron chi connectivity index (χ4n) is 2.29. The van der Waals surface area contributed by atoms with Crippen LogP contribution in [0, 0.1) is 12.7 Å². The molecule has 0 bridgehead atoms. The summed E-state index contributed by atoms with van der Waals surface area (Å²) in [5, 5.41) is 15.8. The SMILES string of the molecule is CCCn1ncc(C(=O)N[C@H](C(=O)O)c2cccc(F)c2)c1C. The average molecular weight is 319 g/mol. The number of carboxylic acids is 1. The van der Waals surface area contributed by atoms with Gasteiger partial charge in [0.15, 0.2) is 6.04 Å². The van der Waals surface area contributed by atoms with Crippen LogP contribution in [-0.4, -0.2) is 26.8 Å². The molecule has 0 aliphatic carbocycles. The number of aliphatic carboxylic acids is 1. The number of aromatic nitrogens is 2. The molecule has 7 heteroatoms. The number of amides is 1. The highest BCUT2D eigenvalue weighted by Crippen LogP contribution is 2.16. The lowest BCUT2D eigenvalue weighted by Gasteiger charge is -2.15. The monoisotopic (exact) mass is 319 g/mol. The van der Waals surface area contributed by atoms with Crippen LogP contribution in [0.15, 0.2) is 30.5 Å². The van der Waals surface area contributed by atoms with Crippen LogP contribution in [0.3, 0.4) is 0 Å². The van der Waals surface area contributed by atoms with Crippen LogP contribution >= 0.6 is 0 Å². The highest BCUT2D eigenvalue weighted by molar-refractivity contribution is 5.97. The molecule has 0 spiro atoms. The molecule has 2 aromatic rings. The molecule has 1 amide bonds. The van der Waals surface area contributed by atoms with E-state index in [4.69, 9.17) is 0 Å². The number of hydrogen-bond acceptors (Lipinski definition) is 3. The number of nitrogens with zero attached hydrogens (tertiary/aromatic N) is 2. The Morgan fingerprint density at radius 2 is 2.17 bits per heavy atom. The van der Waals surface area contributed by atoms with Gasteiger partial charge in [0.2, 0.25) is 0 Å². The summed E-state index contributed by atoms with van der Waals surface area (Å²) in [7, 11) is 0. The first-order valence-electron chi connectivity index (χ1n) is 7.25. The molecule has 122 valence electrons. The lowest BCUT2D eigenvalue weighted by molar-refractivity contribution is -0.139. The van der Waals surface area contributed by atoms with Gasteiger partial charge in [-0.1, -0.05) is 19.1 Å². The molecule has 1 aromatic carbocycles. The van der Waals surface area contributed by atoms with Gasteiger partial charge in [0, 0.05) is 12.2 Å². The van der Waals surface area contributed by atoms with Crippen molar-refractivity contribution in [1.29, 1.82) is 0 Å². The Morgan fingerprint density at radius 1 is 1.43 bits per heavy atom. The Hall–Kier alpha value is -2.70. The van der Waals surface area contributed by atoms with Gasteiger partial charge in [-0.3, -0.25) is 9.48 Å². The average Bonchev–Trinajstić information content (AvgIpc) is 2.86. The summed E-state index contributed by atoms with van der Waals surface area (Å²) in [5.41, 5.74) is 1.14. The molecule has 1 atom stereocenters. The van der Waals surface area contributed by atoms with Gasteiger partial charge in [-0.05, 0) is 31.0 Å². The van der Waals surface area contributed by atoms with Crippen molar-refractivity contribution in [3.8, 4) is 0 Å². The Morgan fingerprint density at radius 3 is 2.78 bits per heavy atom. The van der Waals surface area contributed by atoms with Crippen molar-refractivity contribution in [2.24, 2.45) is 0 Å². The maximum Gasteiger partial charge on any atom is 0.330 e. The number of aryl methyl sites for hydroxylation is 1. The summed E-state index contributed by atoms with van der Waals surface area (Å²) in [6, 6.07) is 3.83. The highest BCUT2D eigenvalue weighted by atomic mass is 19.1. The first-order valence-corrected chi connectivity index (χ1v) is 7.25. The van der Waals surface area contributed by atoms with Crippen molar-refractivity contribution >= 4 is 11.9 Å².